The summed E-state index contributed by atoms with van der Waals surface area (Å²) in [5.41, 5.74) is 11.4. The molecule has 8 aromatic carbocycles. The Kier molecular flexibility index (Phi) is 7.79. The van der Waals surface area contributed by atoms with Crippen molar-refractivity contribution < 1.29 is 4.58 Å². The molecular formula is C50H37N2+. The standard InChI is InChI=1S/C50H37N2/c1-33(28-39-16-8-11-19-48(39)52(2)3)47-27-25-42(32-51-47)38-24-26-45-46(31-38)50(41-23-21-35-13-5-7-15-37(35)30-41)44-18-10-9-17-43(44)49(45)40-22-20-34-12-4-6-14-36(34)29-40/h4-32H,2H2,1,3H3/q+1. The Labute approximate surface area is 304 Å². The molecule has 0 bridgehead atoms. The average Bonchev–Trinajstić information content (AvgIpc) is 3.19. The van der Waals surface area contributed by atoms with E-state index in [0.717, 1.165) is 33.6 Å². The molecule has 0 fully saturated rings. The van der Waals surface area contributed by atoms with Gasteiger partial charge in [-0.25, -0.2) is 4.58 Å². The van der Waals surface area contributed by atoms with Gasteiger partial charge in [-0.15, -0.1) is 0 Å². The van der Waals surface area contributed by atoms with E-state index >= 15 is 0 Å². The van der Waals surface area contributed by atoms with E-state index in [4.69, 9.17) is 4.98 Å². The number of hydrogen-bond donors (Lipinski definition) is 0. The summed E-state index contributed by atoms with van der Waals surface area (Å²) in [6.45, 7) is 6.21. The second kappa shape index (κ2) is 12.9. The van der Waals surface area contributed by atoms with Crippen molar-refractivity contribution in [2.24, 2.45) is 0 Å². The van der Waals surface area contributed by atoms with Gasteiger partial charge in [0.15, 0.2) is 0 Å². The summed E-state index contributed by atoms with van der Waals surface area (Å²) >= 11 is 0. The lowest BCUT2D eigenvalue weighted by atomic mass is 9.84. The topological polar surface area (TPSA) is 15.9 Å². The molecule has 0 radical (unpaired) electrons. The summed E-state index contributed by atoms with van der Waals surface area (Å²) in [4.78, 5) is 4.97. The monoisotopic (exact) mass is 665 g/mol. The second-order valence-electron chi connectivity index (χ2n) is 13.7. The Hall–Kier alpha value is -6.64. The molecule has 0 aliphatic carbocycles. The predicted molar refractivity (Wildman–Crippen MR) is 224 cm³/mol. The number of rotatable bonds is 6. The zero-order valence-electron chi connectivity index (χ0n) is 29.3. The van der Waals surface area contributed by atoms with E-state index in [1.54, 1.807) is 0 Å². The van der Waals surface area contributed by atoms with E-state index in [0.29, 0.717) is 0 Å². The molecule has 0 spiro atoms. The maximum atomic E-state index is 4.97. The van der Waals surface area contributed by atoms with Crippen LogP contribution in [0.2, 0.25) is 0 Å². The van der Waals surface area contributed by atoms with E-state index in [-0.39, 0.29) is 0 Å². The maximum Gasteiger partial charge on any atom is 0.211 e. The summed E-state index contributed by atoms with van der Waals surface area (Å²) in [5.74, 6) is 0. The number of benzene rings is 8. The Bertz CT molecular complexity index is 2880. The summed E-state index contributed by atoms with van der Waals surface area (Å²) in [5, 5.41) is 9.92. The van der Waals surface area contributed by atoms with Gasteiger partial charge in [-0.2, -0.15) is 0 Å². The molecule has 0 saturated carbocycles. The van der Waals surface area contributed by atoms with Crippen molar-refractivity contribution in [2.75, 3.05) is 7.05 Å². The van der Waals surface area contributed by atoms with Crippen LogP contribution in [0.15, 0.2) is 170 Å². The first-order valence-corrected chi connectivity index (χ1v) is 17.8. The van der Waals surface area contributed by atoms with Gasteiger partial charge in [0.1, 0.15) is 13.8 Å². The molecule has 2 heteroatoms. The summed E-state index contributed by atoms with van der Waals surface area (Å²) in [7, 11) is 1.97. The molecule has 0 aliphatic rings. The third kappa shape index (κ3) is 5.55. The molecule has 0 atom stereocenters. The van der Waals surface area contributed by atoms with Crippen LogP contribution < -0.4 is 0 Å². The smallest absolute Gasteiger partial charge is 0.211 e. The lowest BCUT2D eigenvalue weighted by Gasteiger charge is -2.19. The number of aromatic nitrogens is 1. The Morgan fingerprint density at radius 2 is 1.02 bits per heavy atom. The quantitative estimate of drug-likeness (QED) is 0.0981. The molecule has 0 saturated heterocycles. The number of nitrogens with zero attached hydrogens (tertiary/aromatic N) is 2. The van der Waals surface area contributed by atoms with Crippen molar-refractivity contribution in [2.45, 2.75) is 6.92 Å². The normalized spacial score (nSPS) is 11.8. The number of fused-ring (bicyclic) bond motifs is 4. The van der Waals surface area contributed by atoms with Crippen molar-refractivity contribution in [3.05, 3.63) is 181 Å². The molecule has 52 heavy (non-hydrogen) atoms. The largest absolute Gasteiger partial charge is 0.256 e. The van der Waals surface area contributed by atoms with Gasteiger partial charge in [0.2, 0.25) is 5.69 Å². The van der Waals surface area contributed by atoms with E-state index < -0.39 is 0 Å². The third-order valence-electron chi connectivity index (χ3n) is 10.3. The lowest BCUT2D eigenvalue weighted by molar-refractivity contribution is -0.394. The molecule has 9 rings (SSSR count). The van der Waals surface area contributed by atoms with Gasteiger partial charge in [-0.05, 0) is 120 Å². The zero-order chi connectivity index (χ0) is 35.2. The first kappa shape index (κ1) is 31.3. The Balaban J connectivity index is 1.24. The first-order chi connectivity index (χ1) is 25.5. The summed E-state index contributed by atoms with van der Waals surface area (Å²) in [6.07, 6.45) is 4.19. The van der Waals surface area contributed by atoms with Crippen LogP contribution in [0.3, 0.4) is 0 Å². The molecule has 2 nitrogen and oxygen atoms in total. The molecule has 1 heterocycles. The van der Waals surface area contributed by atoms with E-state index in [1.807, 2.05) is 23.9 Å². The Morgan fingerprint density at radius 1 is 0.500 bits per heavy atom. The highest BCUT2D eigenvalue weighted by Gasteiger charge is 2.18. The maximum absolute atomic E-state index is 4.97. The molecule has 0 N–H and O–H groups in total. The fourth-order valence-corrected chi connectivity index (χ4v) is 7.73. The highest BCUT2D eigenvalue weighted by atomic mass is 14.9. The van der Waals surface area contributed by atoms with Crippen LogP contribution in [0.4, 0.5) is 5.69 Å². The summed E-state index contributed by atoms with van der Waals surface area (Å²) < 4.78 is 1.90. The molecule has 9 aromatic rings. The van der Waals surface area contributed by atoms with Crippen molar-refractivity contribution in [1.82, 2.24) is 4.98 Å². The third-order valence-corrected chi connectivity index (χ3v) is 10.3. The van der Waals surface area contributed by atoms with E-state index in [9.17, 15) is 0 Å². The minimum absolute atomic E-state index is 0.951. The van der Waals surface area contributed by atoms with E-state index in [1.165, 1.54) is 65.3 Å². The van der Waals surface area contributed by atoms with Crippen molar-refractivity contribution >= 4 is 67.1 Å². The van der Waals surface area contributed by atoms with Gasteiger partial charge in [0.25, 0.3) is 0 Å². The average molecular weight is 666 g/mol. The highest BCUT2D eigenvalue weighted by molar-refractivity contribution is 6.22. The number of pyridine rings is 1. The van der Waals surface area contributed by atoms with Crippen LogP contribution in [0.5, 0.6) is 0 Å². The minimum atomic E-state index is 0.951. The summed E-state index contributed by atoms with van der Waals surface area (Å²) in [6, 6.07) is 59.4. The van der Waals surface area contributed by atoms with Crippen LogP contribution in [-0.2, 0) is 0 Å². The van der Waals surface area contributed by atoms with Crippen molar-refractivity contribution in [3.8, 4) is 33.4 Å². The van der Waals surface area contributed by atoms with Crippen molar-refractivity contribution in [1.29, 1.82) is 0 Å². The van der Waals surface area contributed by atoms with Crippen LogP contribution in [0.1, 0.15) is 18.2 Å². The van der Waals surface area contributed by atoms with E-state index in [2.05, 4.69) is 177 Å². The molecule has 246 valence electrons. The Morgan fingerprint density at radius 3 is 1.63 bits per heavy atom. The van der Waals surface area contributed by atoms with Gasteiger partial charge in [0, 0.05) is 23.4 Å². The van der Waals surface area contributed by atoms with Gasteiger partial charge < -0.3 is 0 Å². The lowest BCUT2D eigenvalue weighted by Crippen LogP contribution is -1.95. The van der Waals surface area contributed by atoms with Crippen molar-refractivity contribution in [3.63, 3.8) is 0 Å². The highest BCUT2D eigenvalue weighted by Crippen LogP contribution is 2.45. The minimum Gasteiger partial charge on any atom is -0.256 e. The molecule has 0 amide bonds. The van der Waals surface area contributed by atoms with Crippen LogP contribution >= 0.6 is 0 Å². The van der Waals surface area contributed by atoms with Crippen LogP contribution in [0, 0.1) is 0 Å². The van der Waals surface area contributed by atoms with Crippen LogP contribution in [-0.4, -0.2) is 23.3 Å². The SMILES string of the molecule is C=[N+](C)c1ccccc1C=C(C)c1ccc(-c2ccc3c(-c4ccc5ccccc5c4)c4ccccc4c(-c4ccc5ccccc5c4)c3c2)cn1. The zero-order valence-corrected chi connectivity index (χ0v) is 29.3. The van der Waals surface area contributed by atoms with Gasteiger partial charge >= 0.3 is 0 Å². The van der Waals surface area contributed by atoms with Crippen LogP contribution in [0.25, 0.3) is 88.1 Å². The predicted octanol–water partition coefficient (Wildman–Crippen LogP) is 13.2. The number of para-hydroxylation sites is 1. The fraction of sp³-hybridized carbons (Fsp3) is 0.0400. The number of allylic oxidation sites excluding steroid dienone is 1. The van der Waals surface area contributed by atoms with Gasteiger partial charge in [0.05, 0.1) is 5.69 Å². The second-order valence-corrected chi connectivity index (χ2v) is 13.7. The fourth-order valence-electron chi connectivity index (χ4n) is 7.73. The number of hydrogen-bond acceptors (Lipinski definition) is 1. The molecule has 1 aromatic heterocycles. The first-order valence-electron chi connectivity index (χ1n) is 17.8. The molecule has 0 aliphatic heterocycles. The van der Waals surface area contributed by atoms with Gasteiger partial charge in [-0.1, -0.05) is 127 Å². The van der Waals surface area contributed by atoms with Gasteiger partial charge in [-0.3, -0.25) is 4.98 Å². The molecule has 0 unspecified atom stereocenters. The molecular weight excluding hydrogens is 629 g/mol.